The Bertz CT molecular complexity index is 687. The van der Waals surface area contributed by atoms with Crippen LogP contribution in [0, 0.1) is 0 Å². The molecule has 0 radical (unpaired) electrons. The topological polar surface area (TPSA) is 78.4 Å². The van der Waals surface area contributed by atoms with Crippen LogP contribution in [-0.2, 0) is 15.6 Å². The van der Waals surface area contributed by atoms with E-state index in [0.29, 0.717) is 11.4 Å². The molecule has 1 aromatic carbocycles. The molecule has 0 amide bonds. The highest BCUT2D eigenvalue weighted by Gasteiger charge is 2.22. The van der Waals surface area contributed by atoms with E-state index < -0.39 is 9.84 Å². The quantitative estimate of drug-likeness (QED) is 0.831. The number of nitrogens with zero attached hydrogens (tertiary/aromatic N) is 2. The summed E-state index contributed by atoms with van der Waals surface area (Å²) in [6.07, 6.45) is 4.36. The SMILES string of the molecule is COc1ccc(OC)c(S(=O)(=O)Cc2cnccn2)c1. The van der Waals surface area contributed by atoms with E-state index in [1.165, 1.54) is 38.9 Å². The Morgan fingerprint density at radius 2 is 1.95 bits per heavy atom. The molecular weight excluding hydrogens is 280 g/mol. The highest BCUT2D eigenvalue weighted by atomic mass is 32.2. The lowest BCUT2D eigenvalue weighted by atomic mass is 10.3. The Kier molecular flexibility index (Phi) is 4.19. The summed E-state index contributed by atoms with van der Waals surface area (Å²) in [6.45, 7) is 0. The average molecular weight is 294 g/mol. The molecule has 20 heavy (non-hydrogen) atoms. The summed E-state index contributed by atoms with van der Waals surface area (Å²) in [6, 6.07) is 4.63. The van der Waals surface area contributed by atoms with Gasteiger partial charge in [-0.05, 0) is 12.1 Å². The van der Waals surface area contributed by atoms with Crippen LogP contribution in [0.25, 0.3) is 0 Å². The highest BCUT2D eigenvalue weighted by Crippen LogP contribution is 2.30. The zero-order valence-electron chi connectivity index (χ0n) is 11.1. The summed E-state index contributed by atoms with van der Waals surface area (Å²) in [5.74, 6) is 0.475. The molecule has 0 fully saturated rings. The molecule has 0 N–H and O–H groups in total. The summed E-state index contributed by atoms with van der Waals surface area (Å²) >= 11 is 0. The van der Waals surface area contributed by atoms with Crippen molar-refractivity contribution in [3.63, 3.8) is 0 Å². The van der Waals surface area contributed by atoms with Crippen molar-refractivity contribution in [2.24, 2.45) is 0 Å². The minimum Gasteiger partial charge on any atom is -0.497 e. The van der Waals surface area contributed by atoms with Crippen molar-refractivity contribution in [2.75, 3.05) is 14.2 Å². The van der Waals surface area contributed by atoms with Gasteiger partial charge in [0.1, 0.15) is 16.4 Å². The minimum absolute atomic E-state index is 0.0741. The van der Waals surface area contributed by atoms with E-state index in [1.54, 1.807) is 12.1 Å². The summed E-state index contributed by atoms with van der Waals surface area (Å²) in [5.41, 5.74) is 0.373. The number of hydrogen-bond acceptors (Lipinski definition) is 6. The van der Waals surface area contributed by atoms with Crippen LogP contribution in [0.1, 0.15) is 5.69 Å². The molecule has 0 aliphatic heterocycles. The molecule has 106 valence electrons. The Hall–Kier alpha value is -2.15. The highest BCUT2D eigenvalue weighted by molar-refractivity contribution is 7.90. The second-order valence-electron chi connectivity index (χ2n) is 3.97. The minimum atomic E-state index is -3.60. The first-order chi connectivity index (χ1) is 9.56. The van der Waals surface area contributed by atoms with Crippen LogP contribution in [0.15, 0.2) is 41.7 Å². The normalized spacial score (nSPS) is 11.1. The van der Waals surface area contributed by atoms with E-state index >= 15 is 0 Å². The summed E-state index contributed by atoms with van der Waals surface area (Å²) in [7, 11) is -0.703. The Labute approximate surface area is 117 Å². The zero-order valence-corrected chi connectivity index (χ0v) is 11.9. The standard InChI is InChI=1S/C13H14N2O4S/c1-18-11-3-4-12(19-2)13(7-11)20(16,17)9-10-8-14-5-6-15-10/h3-8H,9H2,1-2H3. The summed E-state index contributed by atoms with van der Waals surface area (Å²) in [5, 5.41) is 0. The maximum atomic E-state index is 12.4. The zero-order chi connectivity index (χ0) is 14.6. The van der Waals surface area contributed by atoms with E-state index in [-0.39, 0.29) is 16.4 Å². The first-order valence-electron chi connectivity index (χ1n) is 5.76. The number of hydrogen-bond donors (Lipinski definition) is 0. The van der Waals surface area contributed by atoms with Gasteiger partial charge in [0, 0.05) is 24.7 Å². The number of benzene rings is 1. The van der Waals surface area contributed by atoms with E-state index in [1.807, 2.05) is 0 Å². The third kappa shape index (κ3) is 3.05. The van der Waals surface area contributed by atoms with Gasteiger partial charge in [-0.3, -0.25) is 9.97 Å². The molecule has 2 rings (SSSR count). The maximum Gasteiger partial charge on any atom is 0.187 e. The van der Waals surface area contributed by atoms with Crippen LogP contribution in [0.3, 0.4) is 0 Å². The van der Waals surface area contributed by atoms with Crippen LogP contribution < -0.4 is 9.47 Å². The van der Waals surface area contributed by atoms with E-state index in [2.05, 4.69) is 9.97 Å². The van der Waals surface area contributed by atoms with Crippen LogP contribution in [0.2, 0.25) is 0 Å². The number of aromatic nitrogens is 2. The summed E-state index contributed by atoms with van der Waals surface area (Å²) in [4.78, 5) is 7.90. The van der Waals surface area contributed by atoms with Crippen molar-refractivity contribution >= 4 is 9.84 Å². The molecule has 1 aromatic heterocycles. The molecule has 0 aliphatic rings. The molecule has 0 saturated carbocycles. The van der Waals surface area contributed by atoms with Gasteiger partial charge < -0.3 is 9.47 Å². The molecular formula is C13H14N2O4S. The van der Waals surface area contributed by atoms with Gasteiger partial charge in [0.05, 0.1) is 25.7 Å². The molecule has 0 bridgehead atoms. The van der Waals surface area contributed by atoms with Crippen molar-refractivity contribution in [3.8, 4) is 11.5 Å². The van der Waals surface area contributed by atoms with Gasteiger partial charge >= 0.3 is 0 Å². The van der Waals surface area contributed by atoms with Gasteiger partial charge in [0.2, 0.25) is 0 Å². The molecule has 6 nitrogen and oxygen atoms in total. The Morgan fingerprint density at radius 1 is 1.15 bits per heavy atom. The van der Waals surface area contributed by atoms with Crippen molar-refractivity contribution < 1.29 is 17.9 Å². The lowest BCUT2D eigenvalue weighted by molar-refractivity contribution is 0.392. The van der Waals surface area contributed by atoms with E-state index in [0.717, 1.165) is 0 Å². The van der Waals surface area contributed by atoms with Gasteiger partial charge in [-0.15, -0.1) is 0 Å². The van der Waals surface area contributed by atoms with Crippen molar-refractivity contribution in [2.45, 2.75) is 10.6 Å². The van der Waals surface area contributed by atoms with Crippen molar-refractivity contribution in [1.29, 1.82) is 0 Å². The molecule has 2 aromatic rings. The molecule has 1 heterocycles. The first kappa shape index (κ1) is 14.3. The van der Waals surface area contributed by atoms with Gasteiger partial charge in [0.25, 0.3) is 0 Å². The first-order valence-corrected chi connectivity index (χ1v) is 7.41. The molecule has 0 unspecified atom stereocenters. The van der Waals surface area contributed by atoms with Crippen LogP contribution in [-0.4, -0.2) is 32.6 Å². The van der Waals surface area contributed by atoms with Gasteiger partial charge in [0.15, 0.2) is 9.84 Å². The Balaban J connectivity index is 2.43. The number of ether oxygens (including phenoxy) is 2. The fourth-order valence-corrected chi connectivity index (χ4v) is 3.15. The molecule has 0 saturated heterocycles. The molecule has 0 spiro atoms. The fraction of sp³-hybridized carbons (Fsp3) is 0.231. The maximum absolute atomic E-state index is 12.4. The third-order valence-corrected chi connectivity index (χ3v) is 4.33. The number of methoxy groups -OCH3 is 2. The van der Waals surface area contributed by atoms with E-state index in [9.17, 15) is 8.42 Å². The van der Waals surface area contributed by atoms with Crippen LogP contribution in [0.5, 0.6) is 11.5 Å². The lowest BCUT2D eigenvalue weighted by Gasteiger charge is -2.10. The Morgan fingerprint density at radius 3 is 2.55 bits per heavy atom. The van der Waals surface area contributed by atoms with Crippen molar-refractivity contribution in [3.05, 3.63) is 42.5 Å². The largest absolute Gasteiger partial charge is 0.497 e. The van der Waals surface area contributed by atoms with Gasteiger partial charge in [-0.1, -0.05) is 0 Å². The second-order valence-corrected chi connectivity index (χ2v) is 5.93. The van der Waals surface area contributed by atoms with Gasteiger partial charge in [-0.2, -0.15) is 0 Å². The van der Waals surface area contributed by atoms with E-state index in [4.69, 9.17) is 9.47 Å². The van der Waals surface area contributed by atoms with Crippen molar-refractivity contribution in [1.82, 2.24) is 9.97 Å². The summed E-state index contributed by atoms with van der Waals surface area (Å²) < 4.78 is 35.0. The van der Waals surface area contributed by atoms with Gasteiger partial charge in [-0.25, -0.2) is 8.42 Å². The third-order valence-electron chi connectivity index (χ3n) is 2.66. The predicted molar refractivity (Wildman–Crippen MR) is 72.5 cm³/mol. The smallest absolute Gasteiger partial charge is 0.187 e. The lowest BCUT2D eigenvalue weighted by Crippen LogP contribution is -2.08. The molecule has 0 aliphatic carbocycles. The second kappa shape index (κ2) is 5.87. The number of rotatable bonds is 5. The van der Waals surface area contributed by atoms with Crippen LogP contribution in [0.4, 0.5) is 0 Å². The average Bonchev–Trinajstić information content (AvgIpc) is 2.47. The molecule has 7 heteroatoms. The monoisotopic (exact) mass is 294 g/mol. The molecule has 0 atom stereocenters. The number of sulfone groups is 1. The van der Waals surface area contributed by atoms with Crippen LogP contribution >= 0.6 is 0 Å². The predicted octanol–water partition coefficient (Wildman–Crippen LogP) is 1.47. The fourth-order valence-electron chi connectivity index (χ4n) is 1.70.